The van der Waals surface area contributed by atoms with Crippen LogP contribution < -0.4 is 10.5 Å². The van der Waals surface area contributed by atoms with E-state index in [0.717, 1.165) is 28.2 Å². The number of thioether (sulfide) groups is 1. The summed E-state index contributed by atoms with van der Waals surface area (Å²) in [7, 11) is 1.63. The first-order chi connectivity index (χ1) is 14.1. The first kappa shape index (κ1) is 19.2. The number of aromatic carboxylic acids is 1. The maximum absolute atomic E-state index is 11.6. The van der Waals surface area contributed by atoms with Crippen LogP contribution in [-0.2, 0) is 5.75 Å². The molecule has 2 aromatic heterocycles. The SMILES string of the molecule is COc1ccc(CSc2nc(-c3ccccc3)c3c(N)c(C(=O)O)sc3n2)cc1. The molecule has 0 saturated heterocycles. The van der Waals surface area contributed by atoms with Crippen LogP contribution >= 0.6 is 23.1 Å². The number of benzene rings is 2. The van der Waals surface area contributed by atoms with Gasteiger partial charge in [-0.15, -0.1) is 11.3 Å². The van der Waals surface area contributed by atoms with Crippen LogP contribution in [0.5, 0.6) is 5.75 Å². The molecule has 4 aromatic rings. The summed E-state index contributed by atoms with van der Waals surface area (Å²) in [6, 6.07) is 17.4. The van der Waals surface area contributed by atoms with E-state index >= 15 is 0 Å². The number of ether oxygens (including phenoxy) is 1. The van der Waals surface area contributed by atoms with Gasteiger partial charge in [0.2, 0.25) is 0 Å². The van der Waals surface area contributed by atoms with E-state index in [9.17, 15) is 9.90 Å². The molecule has 0 spiro atoms. The van der Waals surface area contributed by atoms with E-state index in [1.807, 2.05) is 54.6 Å². The number of carboxylic acids is 1. The quantitative estimate of drug-likeness (QED) is 0.335. The number of carbonyl (C=O) groups is 1. The van der Waals surface area contributed by atoms with E-state index in [0.29, 0.717) is 26.8 Å². The Bertz CT molecular complexity index is 1180. The molecule has 0 atom stereocenters. The molecule has 4 rings (SSSR count). The van der Waals surface area contributed by atoms with Gasteiger partial charge in [0.15, 0.2) is 5.16 Å². The Hall–Kier alpha value is -3.10. The van der Waals surface area contributed by atoms with Gasteiger partial charge in [-0.1, -0.05) is 54.2 Å². The molecule has 0 amide bonds. The summed E-state index contributed by atoms with van der Waals surface area (Å²) in [4.78, 5) is 21.5. The molecule has 2 aromatic carbocycles. The van der Waals surface area contributed by atoms with Gasteiger partial charge >= 0.3 is 5.97 Å². The number of anilines is 1. The predicted molar refractivity (Wildman–Crippen MR) is 117 cm³/mol. The molecule has 0 aliphatic carbocycles. The third-order valence-corrected chi connectivity index (χ3v) is 6.34. The molecule has 0 bridgehead atoms. The van der Waals surface area contributed by atoms with Gasteiger partial charge in [0.1, 0.15) is 15.5 Å². The Kier molecular flexibility index (Phi) is 5.37. The second-order valence-electron chi connectivity index (χ2n) is 6.19. The van der Waals surface area contributed by atoms with Crippen molar-refractivity contribution >= 4 is 45.0 Å². The molecule has 6 nitrogen and oxygen atoms in total. The van der Waals surface area contributed by atoms with Crippen LogP contribution in [0.4, 0.5) is 5.69 Å². The highest BCUT2D eigenvalue weighted by atomic mass is 32.2. The van der Waals surface area contributed by atoms with E-state index in [2.05, 4.69) is 4.98 Å². The Morgan fingerprint density at radius 2 is 1.86 bits per heavy atom. The van der Waals surface area contributed by atoms with Crippen molar-refractivity contribution in [2.75, 3.05) is 12.8 Å². The van der Waals surface area contributed by atoms with Crippen LogP contribution in [0.25, 0.3) is 21.5 Å². The van der Waals surface area contributed by atoms with Crippen LogP contribution in [0.3, 0.4) is 0 Å². The van der Waals surface area contributed by atoms with E-state index in [4.69, 9.17) is 15.5 Å². The number of carboxylic acid groups (broad SMARTS) is 1. The number of hydrogen-bond donors (Lipinski definition) is 2. The third-order valence-electron chi connectivity index (χ3n) is 4.34. The summed E-state index contributed by atoms with van der Waals surface area (Å²) in [5, 5.41) is 10.6. The Balaban J connectivity index is 1.75. The zero-order valence-electron chi connectivity index (χ0n) is 15.5. The van der Waals surface area contributed by atoms with Gasteiger partial charge in [-0.05, 0) is 17.7 Å². The zero-order valence-corrected chi connectivity index (χ0v) is 17.1. The second kappa shape index (κ2) is 8.10. The van der Waals surface area contributed by atoms with E-state index in [1.165, 1.54) is 11.8 Å². The number of methoxy groups -OCH3 is 1. The third kappa shape index (κ3) is 3.90. The largest absolute Gasteiger partial charge is 0.497 e. The predicted octanol–water partition coefficient (Wildman–Crippen LogP) is 4.94. The standard InChI is InChI=1S/C21H17N3O3S2/c1-27-14-9-7-12(8-10-14)11-28-21-23-17(13-5-3-2-4-6-13)15-16(22)18(20(25)26)29-19(15)24-21/h2-10H,11,22H2,1H3,(H,25,26). The smallest absolute Gasteiger partial charge is 0.348 e. The first-order valence-electron chi connectivity index (χ1n) is 8.71. The highest BCUT2D eigenvalue weighted by Crippen LogP contribution is 2.39. The molecule has 146 valence electrons. The number of nitrogen functional groups attached to an aromatic ring is 1. The zero-order chi connectivity index (χ0) is 20.4. The molecule has 2 heterocycles. The van der Waals surface area contributed by atoms with Gasteiger partial charge in [0, 0.05) is 11.3 Å². The van der Waals surface area contributed by atoms with Crippen molar-refractivity contribution in [1.82, 2.24) is 9.97 Å². The lowest BCUT2D eigenvalue weighted by Crippen LogP contribution is -1.98. The fourth-order valence-corrected chi connectivity index (χ4v) is 4.69. The van der Waals surface area contributed by atoms with Crippen LogP contribution in [0.2, 0.25) is 0 Å². The lowest BCUT2D eigenvalue weighted by molar-refractivity contribution is 0.0703. The number of nitrogens with two attached hydrogens (primary N) is 1. The normalized spacial score (nSPS) is 10.9. The molecule has 0 aliphatic rings. The van der Waals surface area contributed by atoms with Crippen LogP contribution in [0, 0.1) is 0 Å². The number of hydrogen-bond acceptors (Lipinski definition) is 7. The van der Waals surface area contributed by atoms with E-state index in [-0.39, 0.29) is 10.6 Å². The molecular formula is C21H17N3O3S2. The van der Waals surface area contributed by atoms with Gasteiger partial charge < -0.3 is 15.6 Å². The van der Waals surface area contributed by atoms with Crippen molar-refractivity contribution < 1.29 is 14.6 Å². The fraction of sp³-hybridized carbons (Fsp3) is 0.0952. The molecule has 0 saturated carbocycles. The molecule has 0 unspecified atom stereocenters. The van der Waals surface area contributed by atoms with Gasteiger partial charge in [0.25, 0.3) is 0 Å². The molecule has 0 radical (unpaired) electrons. The summed E-state index contributed by atoms with van der Waals surface area (Å²) in [5.41, 5.74) is 8.99. The molecule has 0 fully saturated rings. The summed E-state index contributed by atoms with van der Waals surface area (Å²) < 4.78 is 5.19. The Labute approximate surface area is 175 Å². The van der Waals surface area contributed by atoms with Gasteiger partial charge in [-0.3, -0.25) is 0 Å². The van der Waals surface area contributed by atoms with Crippen molar-refractivity contribution in [3.8, 4) is 17.0 Å². The Morgan fingerprint density at radius 1 is 1.14 bits per heavy atom. The minimum Gasteiger partial charge on any atom is -0.497 e. The van der Waals surface area contributed by atoms with E-state index in [1.54, 1.807) is 7.11 Å². The maximum Gasteiger partial charge on any atom is 0.348 e. The minimum atomic E-state index is -1.06. The summed E-state index contributed by atoms with van der Waals surface area (Å²) in [6.07, 6.45) is 0. The molecule has 3 N–H and O–H groups in total. The monoisotopic (exact) mass is 423 g/mol. The van der Waals surface area contributed by atoms with Crippen LogP contribution in [0.1, 0.15) is 15.2 Å². The van der Waals surface area contributed by atoms with Gasteiger partial charge in [-0.25, -0.2) is 14.8 Å². The fourth-order valence-electron chi connectivity index (χ4n) is 2.90. The number of fused-ring (bicyclic) bond motifs is 1. The summed E-state index contributed by atoms with van der Waals surface area (Å²) >= 11 is 2.57. The highest BCUT2D eigenvalue weighted by Gasteiger charge is 2.21. The summed E-state index contributed by atoms with van der Waals surface area (Å²) in [5.74, 6) is 0.422. The second-order valence-corrected chi connectivity index (χ2v) is 8.13. The van der Waals surface area contributed by atoms with Crippen molar-refractivity contribution in [2.24, 2.45) is 0 Å². The number of rotatable bonds is 6. The van der Waals surface area contributed by atoms with Crippen LogP contribution in [0.15, 0.2) is 59.8 Å². The van der Waals surface area contributed by atoms with Crippen molar-refractivity contribution in [2.45, 2.75) is 10.9 Å². The topological polar surface area (TPSA) is 98.3 Å². The number of thiophene rings is 1. The Morgan fingerprint density at radius 3 is 2.52 bits per heavy atom. The number of nitrogens with zero attached hydrogens (tertiary/aromatic N) is 2. The van der Waals surface area contributed by atoms with Crippen LogP contribution in [-0.4, -0.2) is 28.2 Å². The van der Waals surface area contributed by atoms with Gasteiger partial charge in [0.05, 0.1) is 23.9 Å². The van der Waals surface area contributed by atoms with Crippen molar-refractivity contribution in [3.63, 3.8) is 0 Å². The first-order valence-corrected chi connectivity index (χ1v) is 10.5. The lowest BCUT2D eigenvalue weighted by atomic mass is 10.1. The van der Waals surface area contributed by atoms with Gasteiger partial charge in [-0.2, -0.15) is 0 Å². The molecule has 29 heavy (non-hydrogen) atoms. The molecular weight excluding hydrogens is 406 g/mol. The summed E-state index contributed by atoms with van der Waals surface area (Å²) in [6.45, 7) is 0. The molecule has 8 heteroatoms. The van der Waals surface area contributed by atoms with Crippen molar-refractivity contribution in [3.05, 3.63) is 65.0 Å². The minimum absolute atomic E-state index is 0.0868. The molecule has 0 aliphatic heterocycles. The van der Waals surface area contributed by atoms with Crippen molar-refractivity contribution in [1.29, 1.82) is 0 Å². The maximum atomic E-state index is 11.6. The van der Waals surface area contributed by atoms with E-state index < -0.39 is 5.97 Å². The average Bonchev–Trinajstić information content (AvgIpc) is 3.09. The highest BCUT2D eigenvalue weighted by molar-refractivity contribution is 7.98. The number of aromatic nitrogens is 2. The lowest BCUT2D eigenvalue weighted by Gasteiger charge is -2.07. The average molecular weight is 424 g/mol.